The summed E-state index contributed by atoms with van der Waals surface area (Å²) in [6, 6.07) is 40.6. The van der Waals surface area contributed by atoms with Crippen molar-refractivity contribution in [2.24, 2.45) is 5.92 Å². The van der Waals surface area contributed by atoms with Crippen molar-refractivity contribution < 1.29 is 4.42 Å². The normalized spacial score (nSPS) is 18.7. The van der Waals surface area contributed by atoms with Crippen LogP contribution in [0.15, 0.2) is 150 Å². The Morgan fingerprint density at radius 1 is 0.741 bits per heavy atom. The lowest BCUT2D eigenvalue weighted by atomic mass is 9.86. The van der Waals surface area contributed by atoms with Crippen LogP contribution in [0, 0.1) is 5.92 Å². The lowest BCUT2D eigenvalue weighted by Crippen LogP contribution is -2.30. The van der Waals surface area contributed by atoms with E-state index in [-0.39, 0.29) is 6.04 Å². The Morgan fingerprint density at radius 3 is 2.48 bits per heavy atom. The Bertz CT molecular complexity index is 3080. The number of para-hydroxylation sites is 2. The van der Waals surface area contributed by atoms with Crippen LogP contribution in [0.3, 0.4) is 0 Å². The zero-order valence-corrected chi connectivity index (χ0v) is 30.2. The fourth-order valence-corrected chi connectivity index (χ4v) is 10.1. The number of hydrogen-bond acceptors (Lipinski definition) is 2. The van der Waals surface area contributed by atoms with Gasteiger partial charge in [-0.05, 0) is 136 Å². The molecule has 3 heteroatoms. The molecule has 2 unspecified atom stereocenters. The first-order valence-corrected chi connectivity index (χ1v) is 19.5. The van der Waals surface area contributed by atoms with Gasteiger partial charge in [-0.2, -0.15) is 0 Å². The Labute approximate surface area is 314 Å². The number of furan rings is 1. The van der Waals surface area contributed by atoms with Crippen molar-refractivity contribution in [1.29, 1.82) is 0 Å². The molecule has 0 spiro atoms. The minimum atomic E-state index is 0.109. The monoisotopic (exact) mass is 694 g/mol. The molecule has 0 radical (unpaired) electrons. The van der Waals surface area contributed by atoms with E-state index in [0.717, 1.165) is 47.6 Å². The average molecular weight is 695 g/mol. The van der Waals surface area contributed by atoms with Gasteiger partial charge in [0.2, 0.25) is 0 Å². The molecular weight excluding hydrogens is 657 g/mol. The molecule has 4 aliphatic rings. The van der Waals surface area contributed by atoms with Crippen molar-refractivity contribution in [2.45, 2.75) is 38.6 Å². The summed E-state index contributed by atoms with van der Waals surface area (Å²) in [6.45, 7) is 2.31. The minimum absolute atomic E-state index is 0.109. The smallest absolute Gasteiger partial charge is 0.135 e. The van der Waals surface area contributed by atoms with Gasteiger partial charge in [0.05, 0.1) is 17.1 Å². The molecule has 0 saturated heterocycles. The quantitative estimate of drug-likeness (QED) is 0.183. The highest BCUT2D eigenvalue weighted by molar-refractivity contribution is 6.24. The lowest BCUT2D eigenvalue weighted by Gasteiger charge is -2.34. The standard InChI is InChI=1S/C51H38N2O/c1-31-10-8-13-34(26-31)53-46-18-6-4-15-39(46)44-29-36(21-24-47(44)53)52(37-22-25-49-45(30-37)40-16-5-7-19-48(40)54-49)35-20-23-42-43(28-35)41-17-9-12-33-27-32-11-2-3-14-38(32)51(42)50(33)41/h2,4-13,15-19,21-25,27-31,35H,3,14,20,26H2,1H3. The summed E-state index contributed by atoms with van der Waals surface area (Å²) >= 11 is 0. The molecule has 54 heavy (non-hydrogen) atoms. The van der Waals surface area contributed by atoms with E-state index in [1.807, 2.05) is 0 Å². The number of aromatic nitrogens is 1. The molecule has 3 nitrogen and oxygen atoms in total. The number of hydrogen-bond donors (Lipinski definition) is 0. The van der Waals surface area contributed by atoms with Gasteiger partial charge in [0.1, 0.15) is 11.2 Å². The maximum absolute atomic E-state index is 6.32. The molecule has 4 aliphatic carbocycles. The van der Waals surface area contributed by atoms with E-state index in [1.54, 1.807) is 0 Å². The van der Waals surface area contributed by atoms with Crippen LogP contribution in [0.25, 0.3) is 77.4 Å². The average Bonchev–Trinajstić information content (AvgIpc) is 3.86. The first-order chi connectivity index (χ1) is 26.7. The van der Waals surface area contributed by atoms with E-state index in [4.69, 9.17) is 4.42 Å². The first-order valence-electron chi connectivity index (χ1n) is 19.5. The maximum atomic E-state index is 6.32. The molecule has 0 aliphatic heterocycles. The van der Waals surface area contributed by atoms with Crippen LogP contribution in [-0.2, 0) is 6.42 Å². The van der Waals surface area contributed by atoms with Gasteiger partial charge in [-0.1, -0.05) is 98.0 Å². The number of nitrogens with zero attached hydrogens (tertiary/aromatic N) is 2. The topological polar surface area (TPSA) is 21.3 Å². The fraction of sp³-hybridized carbons (Fsp3) is 0.137. The predicted octanol–water partition coefficient (Wildman–Crippen LogP) is 13.6. The van der Waals surface area contributed by atoms with Crippen molar-refractivity contribution in [3.05, 3.63) is 168 Å². The third-order valence-electron chi connectivity index (χ3n) is 12.4. The first kappa shape index (κ1) is 30.2. The van der Waals surface area contributed by atoms with E-state index >= 15 is 0 Å². The highest BCUT2D eigenvalue weighted by Gasteiger charge is 2.33. The molecule has 2 atom stereocenters. The van der Waals surface area contributed by atoms with Gasteiger partial charge in [0.25, 0.3) is 0 Å². The maximum Gasteiger partial charge on any atom is 0.135 e. The molecule has 0 N–H and O–H groups in total. The van der Waals surface area contributed by atoms with Crippen LogP contribution in [0.1, 0.15) is 48.4 Å². The Kier molecular flexibility index (Phi) is 6.34. The number of benzene rings is 6. The summed E-state index contributed by atoms with van der Waals surface area (Å²) in [5.41, 5.74) is 16.6. The Balaban J connectivity index is 1.07. The van der Waals surface area contributed by atoms with E-state index in [2.05, 4.69) is 168 Å². The molecule has 0 fully saturated rings. The summed E-state index contributed by atoms with van der Waals surface area (Å²) in [5, 5.41) is 7.64. The van der Waals surface area contributed by atoms with Gasteiger partial charge < -0.3 is 13.9 Å². The van der Waals surface area contributed by atoms with Crippen LogP contribution in [0.4, 0.5) is 11.4 Å². The Hall–Kier alpha value is -6.32. The van der Waals surface area contributed by atoms with Crippen LogP contribution >= 0.6 is 0 Å². The van der Waals surface area contributed by atoms with Crippen LogP contribution < -0.4 is 4.90 Å². The van der Waals surface area contributed by atoms with Gasteiger partial charge in [-0.15, -0.1) is 0 Å². The lowest BCUT2D eigenvalue weighted by molar-refractivity contribution is 0.669. The summed E-state index contributed by atoms with van der Waals surface area (Å²) in [4.78, 5) is 2.58. The summed E-state index contributed by atoms with van der Waals surface area (Å²) in [6.07, 6.45) is 20.7. The van der Waals surface area contributed by atoms with Crippen LogP contribution in [-0.4, -0.2) is 10.6 Å². The number of anilines is 2. The fourth-order valence-electron chi connectivity index (χ4n) is 10.1. The summed E-state index contributed by atoms with van der Waals surface area (Å²) < 4.78 is 8.82. The van der Waals surface area contributed by atoms with Gasteiger partial charge in [0, 0.05) is 38.6 Å². The number of rotatable bonds is 4. The zero-order chi connectivity index (χ0) is 35.5. The second-order valence-corrected chi connectivity index (χ2v) is 15.6. The highest BCUT2D eigenvalue weighted by Crippen LogP contribution is 2.52. The summed E-state index contributed by atoms with van der Waals surface area (Å²) in [7, 11) is 0. The third kappa shape index (κ3) is 4.30. The number of allylic oxidation sites excluding steroid dienone is 7. The van der Waals surface area contributed by atoms with Crippen LogP contribution in [0.2, 0.25) is 0 Å². The van der Waals surface area contributed by atoms with Gasteiger partial charge in [0.15, 0.2) is 0 Å². The molecule has 6 aromatic carbocycles. The van der Waals surface area contributed by atoms with Crippen molar-refractivity contribution in [2.75, 3.05) is 4.90 Å². The summed E-state index contributed by atoms with van der Waals surface area (Å²) in [5.74, 6) is 0.511. The van der Waals surface area contributed by atoms with Crippen molar-refractivity contribution in [1.82, 2.24) is 4.57 Å². The molecule has 2 heterocycles. The molecule has 2 aromatic heterocycles. The number of fused-ring (bicyclic) bond motifs is 11. The van der Waals surface area contributed by atoms with E-state index in [0.29, 0.717) is 5.92 Å². The van der Waals surface area contributed by atoms with Crippen molar-refractivity contribution in [3.8, 4) is 0 Å². The highest BCUT2D eigenvalue weighted by atomic mass is 16.3. The minimum Gasteiger partial charge on any atom is -0.456 e. The molecule has 0 amide bonds. The predicted molar refractivity (Wildman–Crippen MR) is 228 cm³/mol. The van der Waals surface area contributed by atoms with Crippen molar-refractivity contribution in [3.63, 3.8) is 0 Å². The molecule has 8 aromatic rings. The van der Waals surface area contributed by atoms with E-state index < -0.39 is 0 Å². The van der Waals surface area contributed by atoms with Gasteiger partial charge >= 0.3 is 0 Å². The SMILES string of the molecule is CC1C=CC=C(n2c3ccccc3c3cc(N(c4ccc5oc6ccccc6c5c4)C4C=C5C(=CC4)c4c6c(cc7cccc5c47)C=CCC6)ccc32)C1. The second-order valence-electron chi connectivity index (χ2n) is 15.6. The molecule has 12 rings (SSSR count). The van der Waals surface area contributed by atoms with E-state index in [9.17, 15) is 0 Å². The third-order valence-corrected chi connectivity index (χ3v) is 12.4. The van der Waals surface area contributed by atoms with Crippen LogP contribution in [0.5, 0.6) is 0 Å². The molecular formula is C51H38N2O. The molecule has 258 valence electrons. The van der Waals surface area contributed by atoms with E-state index in [1.165, 1.54) is 83.1 Å². The molecule has 0 bridgehead atoms. The zero-order valence-electron chi connectivity index (χ0n) is 30.2. The largest absolute Gasteiger partial charge is 0.456 e. The van der Waals surface area contributed by atoms with Gasteiger partial charge in [-0.25, -0.2) is 0 Å². The second kappa shape index (κ2) is 11.3. The Morgan fingerprint density at radius 2 is 1.56 bits per heavy atom. The molecule has 0 saturated carbocycles. The van der Waals surface area contributed by atoms with Crippen molar-refractivity contribution >= 4 is 88.8 Å². The van der Waals surface area contributed by atoms with Gasteiger partial charge in [-0.3, -0.25) is 0 Å².